The molecule has 0 saturated heterocycles. The van der Waals surface area contributed by atoms with Gasteiger partial charge in [-0.3, -0.25) is 4.79 Å². The second-order valence-electron chi connectivity index (χ2n) is 10.8. The third kappa shape index (κ3) is 10.4. The molecule has 0 radical (unpaired) electrons. The molecule has 2 aliphatic carbocycles. The van der Waals surface area contributed by atoms with E-state index in [1.807, 2.05) is 39.8 Å². The highest BCUT2D eigenvalue weighted by Crippen LogP contribution is 2.48. The van der Waals surface area contributed by atoms with Crippen molar-refractivity contribution in [1.29, 1.82) is 0 Å². The number of benzene rings is 1. The summed E-state index contributed by atoms with van der Waals surface area (Å²) in [6.45, 7) is 13.4. The Morgan fingerprint density at radius 1 is 1.08 bits per heavy atom. The Morgan fingerprint density at radius 3 is 2.38 bits per heavy atom. The molecule has 3 rings (SSSR count). The van der Waals surface area contributed by atoms with Crippen molar-refractivity contribution in [3.05, 3.63) is 29.3 Å². The van der Waals surface area contributed by atoms with Gasteiger partial charge < -0.3 is 25.4 Å². The molecule has 0 spiro atoms. The maximum atomic E-state index is 12.3. The number of hydrogen-bond acceptors (Lipinski definition) is 5. The van der Waals surface area contributed by atoms with E-state index in [2.05, 4.69) is 18.3 Å². The molecular formula is C32H55NO6. The molecule has 1 aromatic rings. The zero-order valence-electron chi connectivity index (χ0n) is 25.4. The van der Waals surface area contributed by atoms with Crippen molar-refractivity contribution in [2.45, 2.75) is 125 Å². The molecule has 0 heterocycles. The molecule has 7 nitrogen and oxygen atoms in total. The minimum atomic E-state index is -1.06. The van der Waals surface area contributed by atoms with Crippen LogP contribution in [0.4, 0.5) is 0 Å². The van der Waals surface area contributed by atoms with Crippen LogP contribution in [0.25, 0.3) is 0 Å². The van der Waals surface area contributed by atoms with Crippen LogP contribution in [0.5, 0.6) is 5.75 Å². The van der Waals surface area contributed by atoms with E-state index in [9.17, 15) is 24.9 Å². The van der Waals surface area contributed by atoms with Crippen LogP contribution >= 0.6 is 0 Å². The number of rotatable bonds is 13. The van der Waals surface area contributed by atoms with Crippen molar-refractivity contribution < 1.29 is 29.6 Å². The maximum absolute atomic E-state index is 12.3. The Labute approximate surface area is 236 Å². The Morgan fingerprint density at radius 2 is 1.77 bits per heavy atom. The summed E-state index contributed by atoms with van der Waals surface area (Å²) in [5.74, 6) is -0.121. The number of carbonyl (C=O) groups is 2. The van der Waals surface area contributed by atoms with E-state index in [0.29, 0.717) is 17.6 Å². The Hall–Kier alpha value is -2.12. The smallest absolute Gasteiger partial charge is 0.326 e. The normalized spacial score (nSPS) is 22.7. The minimum absolute atomic E-state index is 0.202. The number of aliphatic carboxylic acids is 1. The van der Waals surface area contributed by atoms with Gasteiger partial charge >= 0.3 is 5.97 Å². The SMILES string of the molecule is CC.CC.CCCCCC(O)CCC1C2Cc3cccc(OCC(=O)N[C@H](C(=O)O)C(C)C)c3CC2C[C@H]1O. The van der Waals surface area contributed by atoms with Gasteiger partial charge in [0.25, 0.3) is 5.91 Å². The lowest BCUT2D eigenvalue weighted by Crippen LogP contribution is -2.46. The van der Waals surface area contributed by atoms with Gasteiger partial charge in [-0.05, 0) is 79.4 Å². The van der Waals surface area contributed by atoms with E-state index < -0.39 is 17.9 Å². The summed E-state index contributed by atoms with van der Waals surface area (Å²) in [7, 11) is 0. The first-order valence-electron chi connectivity index (χ1n) is 15.3. The van der Waals surface area contributed by atoms with Gasteiger partial charge in [0.1, 0.15) is 11.8 Å². The number of amides is 1. The van der Waals surface area contributed by atoms with Crippen LogP contribution in [0.1, 0.15) is 105 Å². The second kappa shape index (κ2) is 18.3. The summed E-state index contributed by atoms with van der Waals surface area (Å²) in [6.07, 6.45) is 7.57. The molecule has 0 aliphatic heterocycles. The predicted molar refractivity (Wildman–Crippen MR) is 157 cm³/mol. The summed E-state index contributed by atoms with van der Waals surface area (Å²) in [6, 6.07) is 4.94. The number of fused-ring (bicyclic) bond motifs is 2. The van der Waals surface area contributed by atoms with Crippen molar-refractivity contribution in [3.8, 4) is 5.75 Å². The Kier molecular flexibility index (Phi) is 16.4. The van der Waals surface area contributed by atoms with Crippen molar-refractivity contribution in [3.63, 3.8) is 0 Å². The van der Waals surface area contributed by atoms with E-state index in [1.165, 1.54) is 5.56 Å². The third-order valence-corrected chi connectivity index (χ3v) is 7.93. The van der Waals surface area contributed by atoms with E-state index in [4.69, 9.17) is 4.74 Å². The van der Waals surface area contributed by atoms with Crippen molar-refractivity contribution in [2.75, 3.05) is 6.61 Å². The highest BCUT2D eigenvalue weighted by molar-refractivity contribution is 5.84. The number of aliphatic hydroxyl groups is 2. The fourth-order valence-corrected chi connectivity index (χ4v) is 5.97. The number of unbranched alkanes of at least 4 members (excludes halogenated alkanes) is 2. The molecule has 4 unspecified atom stereocenters. The van der Waals surface area contributed by atoms with Crippen LogP contribution in [-0.4, -0.2) is 52.1 Å². The molecule has 6 atom stereocenters. The standard InChI is InChI=1S/C28H43NO6.2C2H6/c1-4-5-6-9-20(30)11-12-21-22-13-18-8-7-10-25(23(18)14-19(22)15-24(21)31)35-16-26(32)29-27(17(2)3)28(33)34;2*1-2/h7-8,10,17,19-22,24,27,30-31H,4-6,9,11-16H2,1-3H3,(H,29,32)(H,33,34);2*1-2H3/t19?,20?,21?,22?,24-,27+;;/m1../s1. The number of aliphatic hydroxyl groups excluding tert-OH is 2. The number of carboxylic acids is 1. The largest absolute Gasteiger partial charge is 0.483 e. The van der Waals surface area contributed by atoms with E-state index in [-0.39, 0.29) is 30.7 Å². The van der Waals surface area contributed by atoms with Gasteiger partial charge in [-0.1, -0.05) is 79.9 Å². The molecule has 1 amide bonds. The first-order valence-corrected chi connectivity index (χ1v) is 15.3. The summed E-state index contributed by atoms with van der Waals surface area (Å²) in [5, 5.41) is 33.0. The molecule has 0 bridgehead atoms. The van der Waals surface area contributed by atoms with Crippen LogP contribution in [0, 0.1) is 23.7 Å². The number of nitrogens with one attached hydrogen (secondary N) is 1. The molecule has 1 fully saturated rings. The quantitative estimate of drug-likeness (QED) is 0.232. The first-order chi connectivity index (χ1) is 18.7. The van der Waals surface area contributed by atoms with Gasteiger partial charge in [-0.25, -0.2) is 4.79 Å². The fourth-order valence-electron chi connectivity index (χ4n) is 5.97. The lowest BCUT2D eigenvalue weighted by atomic mass is 9.73. The molecular weight excluding hydrogens is 494 g/mol. The van der Waals surface area contributed by atoms with E-state index >= 15 is 0 Å². The Bertz CT molecular complexity index is 857. The average Bonchev–Trinajstić information content (AvgIpc) is 3.23. The molecule has 1 saturated carbocycles. The zero-order valence-corrected chi connectivity index (χ0v) is 25.4. The average molecular weight is 550 g/mol. The number of ether oxygens (including phenoxy) is 1. The predicted octanol–water partition coefficient (Wildman–Crippen LogP) is 5.78. The van der Waals surface area contributed by atoms with Crippen LogP contribution in [0.15, 0.2) is 18.2 Å². The molecule has 4 N–H and O–H groups in total. The van der Waals surface area contributed by atoms with Gasteiger partial charge in [0.2, 0.25) is 0 Å². The van der Waals surface area contributed by atoms with Gasteiger partial charge in [-0.15, -0.1) is 0 Å². The van der Waals surface area contributed by atoms with E-state index in [0.717, 1.165) is 63.4 Å². The summed E-state index contributed by atoms with van der Waals surface area (Å²) < 4.78 is 5.85. The maximum Gasteiger partial charge on any atom is 0.326 e. The van der Waals surface area contributed by atoms with Crippen LogP contribution in [0.3, 0.4) is 0 Å². The minimum Gasteiger partial charge on any atom is -0.483 e. The second-order valence-corrected chi connectivity index (χ2v) is 10.8. The molecule has 39 heavy (non-hydrogen) atoms. The van der Waals surface area contributed by atoms with Crippen molar-refractivity contribution >= 4 is 11.9 Å². The summed E-state index contributed by atoms with van der Waals surface area (Å²) in [5.41, 5.74) is 2.28. The Balaban J connectivity index is 0.00000181. The molecule has 1 aromatic carbocycles. The van der Waals surface area contributed by atoms with Crippen molar-refractivity contribution in [2.24, 2.45) is 23.7 Å². The molecule has 0 aromatic heterocycles. The topological polar surface area (TPSA) is 116 Å². The number of carboxylic acid groups (broad SMARTS) is 1. The summed E-state index contributed by atoms with van der Waals surface area (Å²) in [4.78, 5) is 23.7. The molecule has 2 aliphatic rings. The molecule has 7 heteroatoms. The van der Waals surface area contributed by atoms with E-state index in [1.54, 1.807) is 13.8 Å². The summed E-state index contributed by atoms with van der Waals surface area (Å²) >= 11 is 0. The van der Waals surface area contributed by atoms with Gasteiger partial charge in [0, 0.05) is 0 Å². The number of carbonyl (C=O) groups excluding carboxylic acids is 1. The van der Waals surface area contributed by atoms with Crippen molar-refractivity contribution in [1.82, 2.24) is 5.32 Å². The van der Waals surface area contributed by atoms with Crippen LogP contribution in [0.2, 0.25) is 0 Å². The van der Waals surface area contributed by atoms with Gasteiger partial charge in [-0.2, -0.15) is 0 Å². The zero-order chi connectivity index (χ0) is 29.5. The van der Waals surface area contributed by atoms with Crippen LogP contribution < -0.4 is 10.1 Å². The third-order valence-electron chi connectivity index (χ3n) is 7.93. The monoisotopic (exact) mass is 549 g/mol. The highest BCUT2D eigenvalue weighted by atomic mass is 16.5. The lowest BCUT2D eigenvalue weighted by Gasteiger charge is -2.32. The van der Waals surface area contributed by atoms with Crippen LogP contribution in [-0.2, 0) is 22.4 Å². The van der Waals surface area contributed by atoms with Gasteiger partial charge in [0.15, 0.2) is 6.61 Å². The fraction of sp³-hybridized carbons (Fsp3) is 0.750. The molecule has 224 valence electrons. The number of hydrogen-bond donors (Lipinski definition) is 4. The first kappa shape index (κ1) is 34.9. The lowest BCUT2D eigenvalue weighted by molar-refractivity contribution is -0.143. The van der Waals surface area contributed by atoms with Gasteiger partial charge in [0.05, 0.1) is 12.2 Å². The highest BCUT2D eigenvalue weighted by Gasteiger charge is 2.44.